The molecule has 0 N–H and O–H groups in total. The Morgan fingerprint density at radius 2 is 1.40 bits per heavy atom. The van der Waals surface area contributed by atoms with Gasteiger partial charge in [-0.1, -0.05) is 29.5 Å². The molecule has 0 aliphatic heterocycles. The van der Waals surface area contributed by atoms with Gasteiger partial charge in [-0.15, -0.1) is 0 Å². The van der Waals surface area contributed by atoms with Crippen LogP contribution in [0.25, 0.3) is 0 Å². The molecule has 4 heteroatoms. The van der Waals surface area contributed by atoms with E-state index in [1.54, 1.807) is 33.1 Å². The first kappa shape index (κ1) is 14.6. The second-order valence-corrected chi connectivity index (χ2v) is 5.36. The van der Waals surface area contributed by atoms with Gasteiger partial charge in [0, 0.05) is 4.90 Å². The van der Waals surface area contributed by atoms with Crippen molar-refractivity contribution in [1.82, 2.24) is 0 Å². The molecule has 0 aliphatic rings. The molecule has 0 saturated carbocycles. The summed E-state index contributed by atoms with van der Waals surface area (Å²) in [5.74, 6) is 1.97. The lowest BCUT2D eigenvalue weighted by molar-refractivity contribution is 0.319. The summed E-state index contributed by atoms with van der Waals surface area (Å²) < 4.78 is 16.2. The van der Waals surface area contributed by atoms with Crippen molar-refractivity contribution in [1.29, 1.82) is 0 Å². The lowest BCUT2D eigenvalue weighted by Crippen LogP contribution is -1.96. The Kier molecular flexibility index (Phi) is 4.79. The highest BCUT2D eigenvalue weighted by Gasteiger charge is 2.16. The van der Waals surface area contributed by atoms with Crippen LogP contribution in [0.5, 0.6) is 17.2 Å². The van der Waals surface area contributed by atoms with Crippen LogP contribution in [-0.4, -0.2) is 21.3 Å². The first-order chi connectivity index (χ1) is 9.69. The van der Waals surface area contributed by atoms with E-state index < -0.39 is 0 Å². The molecule has 0 saturated heterocycles. The van der Waals surface area contributed by atoms with Crippen molar-refractivity contribution in [3.63, 3.8) is 0 Å². The Bertz CT molecular complexity index is 579. The maximum absolute atomic E-state index is 5.48. The third kappa shape index (κ3) is 3.02. The average molecular weight is 290 g/mol. The van der Waals surface area contributed by atoms with Crippen LogP contribution in [0.4, 0.5) is 0 Å². The van der Waals surface area contributed by atoms with Crippen LogP contribution in [0.1, 0.15) is 5.56 Å². The SMILES string of the molecule is COc1ccc(Sc2ccc(C)cc2)c(OC)c1OC. The molecule has 106 valence electrons. The van der Waals surface area contributed by atoms with E-state index in [1.165, 1.54) is 5.56 Å². The molecule has 0 amide bonds. The van der Waals surface area contributed by atoms with E-state index in [-0.39, 0.29) is 0 Å². The second kappa shape index (κ2) is 6.57. The maximum Gasteiger partial charge on any atom is 0.204 e. The number of ether oxygens (including phenoxy) is 3. The number of methoxy groups -OCH3 is 3. The summed E-state index contributed by atoms with van der Waals surface area (Å²) >= 11 is 1.64. The molecule has 0 unspecified atom stereocenters. The Morgan fingerprint density at radius 1 is 0.750 bits per heavy atom. The van der Waals surface area contributed by atoms with E-state index in [4.69, 9.17) is 14.2 Å². The number of hydrogen-bond donors (Lipinski definition) is 0. The van der Waals surface area contributed by atoms with Crippen molar-refractivity contribution >= 4 is 11.8 Å². The summed E-state index contributed by atoms with van der Waals surface area (Å²) in [6.45, 7) is 2.07. The molecule has 3 nitrogen and oxygen atoms in total. The van der Waals surface area contributed by atoms with E-state index >= 15 is 0 Å². The van der Waals surface area contributed by atoms with E-state index in [2.05, 4.69) is 31.2 Å². The molecule has 0 radical (unpaired) electrons. The molecule has 2 aromatic carbocycles. The van der Waals surface area contributed by atoms with Crippen LogP contribution in [0, 0.1) is 6.92 Å². The minimum atomic E-state index is 0.618. The van der Waals surface area contributed by atoms with Gasteiger partial charge in [-0.25, -0.2) is 0 Å². The normalized spacial score (nSPS) is 10.2. The molecule has 0 spiro atoms. The van der Waals surface area contributed by atoms with Crippen LogP contribution in [0.15, 0.2) is 46.2 Å². The van der Waals surface area contributed by atoms with Gasteiger partial charge in [-0.05, 0) is 31.2 Å². The van der Waals surface area contributed by atoms with Gasteiger partial charge < -0.3 is 14.2 Å². The lowest BCUT2D eigenvalue weighted by atomic mass is 10.2. The van der Waals surface area contributed by atoms with Crippen LogP contribution >= 0.6 is 11.8 Å². The zero-order chi connectivity index (χ0) is 14.5. The fourth-order valence-corrected chi connectivity index (χ4v) is 2.82. The van der Waals surface area contributed by atoms with Gasteiger partial charge in [0.15, 0.2) is 11.5 Å². The predicted octanol–water partition coefficient (Wildman–Crippen LogP) is 4.17. The topological polar surface area (TPSA) is 27.7 Å². The molecule has 0 heterocycles. The highest BCUT2D eigenvalue weighted by molar-refractivity contribution is 7.99. The molecule has 20 heavy (non-hydrogen) atoms. The van der Waals surface area contributed by atoms with E-state index in [9.17, 15) is 0 Å². The predicted molar refractivity (Wildman–Crippen MR) is 81.4 cm³/mol. The Balaban J connectivity index is 2.38. The molecule has 0 atom stereocenters. The van der Waals surface area contributed by atoms with Gasteiger partial charge in [-0.3, -0.25) is 0 Å². The van der Waals surface area contributed by atoms with Crippen molar-refractivity contribution in [2.24, 2.45) is 0 Å². The molecule has 0 bridgehead atoms. The fourth-order valence-electron chi connectivity index (χ4n) is 1.89. The molecular weight excluding hydrogens is 272 g/mol. The van der Waals surface area contributed by atoms with E-state index in [0.29, 0.717) is 17.2 Å². The van der Waals surface area contributed by atoms with Crippen LogP contribution in [-0.2, 0) is 0 Å². The van der Waals surface area contributed by atoms with Gasteiger partial charge in [0.05, 0.1) is 26.2 Å². The Morgan fingerprint density at radius 3 is 1.95 bits per heavy atom. The first-order valence-electron chi connectivity index (χ1n) is 6.23. The van der Waals surface area contributed by atoms with Crippen molar-refractivity contribution < 1.29 is 14.2 Å². The summed E-state index contributed by atoms with van der Waals surface area (Å²) in [6.07, 6.45) is 0. The average Bonchev–Trinajstić information content (AvgIpc) is 2.48. The molecule has 0 aliphatic carbocycles. The van der Waals surface area contributed by atoms with E-state index in [0.717, 1.165) is 9.79 Å². The Labute approximate surface area is 123 Å². The number of hydrogen-bond acceptors (Lipinski definition) is 4. The van der Waals surface area contributed by atoms with Gasteiger partial charge in [0.1, 0.15) is 0 Å². The highest BCUT2D eigenvalue weighted by atomic mass is 32.2. The first-order valence-corrected chi connectivity index (χ1v) is 7.04. The maximum atomic E-state index is 5.48. The van der Waals surface area contributed by atoms with Gasteiger partial charge in [0.2, 0.25) is 5.75 Å². The largest absolute Gasteiger partial charge is 0.493 e. The van der Waals surface area contributed by atoms with Crippen molar-refractivity contribution in [2.45, 2.75) is 16.7 Å². The summed E-state index contributed by atoms with van der Waals surface area (Å²) in [5.41, 5.74) is 1.24. The van der Waals surface area contributed by atoms with Crippen LogP contribution in [0.2, 0.25) is 0 Å². The minimum Gasteiger partial charge on any atom is -0.493 e. The summed E-state index contributed by atoms with van der Waals surface area (Å²) in [6, 6.07) is 12.2. The molecule has 0 fully saturated rings. The van der Waals surface area contributed by atoms with Crippen molar-refractivity contribution in [2.75, 3.05) is 21.3 Å². The molecule has 2 aromatic rings. The van der Waals surface area contributed by atoms with Crippen LogP contribution in [0.3, 0.4) is 0 Å². The standard InChI is InChI=1S/C16H18O3S/c1-11-5-7-12(8-6-11)20-14-10-9-13(17-2)15(18-3)16(14)19-4/h5-10H,1-4H3. The monoisotopic (exact) mass is 290 g/mol. The van der Waals surface area contributed by atoms with Gasteiger partial charge in [0.25, 0.3) is 0 Å². The summed E-state index contributed by atoms with van der Waals surface area (Å²) in [5, 5.41) is 0. The highest BCUT2D eigenvalue weighted by Crippen LogP contribution is 2.45. The second-order valence-electron chi connectivity index (χ2n) is 4.25. The van der Waals surface area contributed by atoms with Crippen molar-refractivity contribution in [3.05, 3.63) is 42.0 Å². The molecular formula is C16H18O3S. The number of aryl methyl sites for hydroxylation is 1. The third-order valence-corrected chi connectivity index (χ3v) is 3.97. The van der Waals surface area contributed by atoms with E-state index in [1.807, 2.05) is 12.1 Å². The fraction of sp³-hybridized carbons (Fsp3) is 0.250. The zero-order valence-corrected chi connectivity index (χ0v) is 12.9. The number of rotatable bonds is 5. The Hall–Kier alpha value is -1.81. The van der Waals surface area contributed by atoms with Gasteiger partial charge in [-0.2, -0.15) is 0 Å². The lowest BCUT2D eigenvalue weighted by Gasteiger charge is -2.15. The minimum absolute atomic E-state index is 0.618. The molecule has 0 aromatic heterocycles. The summed E-state index contributed by atoms with van der Waals surface area (Å²) in [7, 11) is 4.86. The smallest absolute Gasteiger partial charge is 0.204 e. The van der Waals surface area contributed by atoms with Crippen LogP contribution < -0.4 is 14.2 Å². The third-order valence-electron chi connectivity index (χ3n) is 2.92. The van der Waals surface area contributed by atoms with Gasteiger partial charge >= 0.3 is 0 Å². The summed E-state index contributed by atoms with van der Waals surface area (Å²) in [4.78, 5) is 2.15. The zero-order valence-electron chi connectivity index (χ0n) is 12.1. The number of benzene rings is 2. The molecule has 2 rings (SSSR count). The quantitative estimate of drug-likeness (QED) is 0.826. The van der Waals surface area contributed by atoms with Crippen molar-refractivity contribution in [3.8, 4) is 17.2 Å².